The first-order valence-corrected chi connectivity index (χ1v) is 11.2. The molecule has 0 aliphatic rings. The monoisotopic (exact) mass is 454 g/mol. The summed E-state index contributed by atoms with van der Waals surface area (Å²) in [5.74, 6) is 0.500. The molecule has 2 aromatic carbocycles. The Labute approximate surface area is 177 Å². The fourth-order valence-corrected chi connectivity index (χ4v) is 4.55. The quantitative estimate of drug-likeness (QED) is 0.531. The van der Waals surface area contributed by atoms with Gasteiger partial charge in [-0.2, -0.15) is 0 Å². The van der Waals surface area contributed by atoms with E-state index in [-0.39, 0.29) is 21.6 Å². The van der Waals surface area contributed by atoms with Crippen LogP contribution in [-0.4, -0.2) is 55.6 Å². The predicted molar refractivity (Wildman–Crippen MR) is 114 cm³/mol. The number of benzene rings is 2. The lowest BCUT2D eigenvalue weighted by atomic mass is 10.3. The van der Waals surface area contributed by atoms with Crippen LogP contribution in [0.15, 0.2) is 46.5 Å². The Hall–Kier alpha value is -2.27. The average molecular weight is 455 g/mol. The van der Waals surface area contributed by atoms with Gasteiger partial charge in [-0.25, -0.2) is 17.7 Å². The van der Waals surface area contributed by atoms with Crippen molar-refractivity contribution in [3.63, 3.8) is 0 Å². The standard InChI is InChI=1S/C18H19ClN4O4S2/c1-23(2)29(25,26)16-8-11(4-6-13(16)19)20-17(24)10-28-18-21-14-7-5-12(27-3)9-15(14)22-18/h4-9H,10H2,1-3H3,(H,20,24)(H,21,22). The van der Waals surface area contributed by atoms with E-state index in [9.17, 15) is 13.2 Å². The zero-order chi connectivity index (χ0) is 21.2. The van der Waals surface area contributed by atoms with E-state index in [1.165, 1.54) is 38.0 Å². The number of aromatic nitrogens is 2. The number of hydrogen-bond acceptors (Lipinski definition) is 6. The number of thioether (sulfide) groups is 1. The van der Waals surface area contributed by atoms with Gasteiger partial charge in [-0.1, -0.05) is 23.4 Å². The van der Waals surface area contributed by atoms with Gasteiger partial charge in [0.2, 0.25) is 15.9 Å². The molecule has 154 valence electrons. The number of halogens is 1. The number of carbonyl (C=O) groups excluding carboxylic acids is 1. The van der Waals surface area contributed by atoms with Gasteiger partial charge in [0, 0.05) is 25.8 Å². The summed E-state index contributed by atoms with van der Waals surface area (Å²) in [5.41, 5.74) is 1.92. The number of nitrogens with one attached hydrogen (secondary N) is 2. The van der Waals surface area contributed by atoms with Crippen LogP contribution in [0.25, 0.3) is 11.0 Å². The number of rotatable bonds is 7. The normalized spacial score (nSPS) is 11.8. The molecular weight excluding hydrogens is 436 g/mol. The number of carbonyl (C=O) groups is 1. The number of imidazole rings is 1. The molecular formula is C18H19ClN4O4S2. The Morgan fingerprint density at radius 1 is 1.28 bits per heavy atom. The SMILES string of the molecule is COc1ccc2nc(SCC(=O)Nc3ccc(Cl)c(S(=O)(=O)N(C)C)c3)[nH]c2c1. The molecule has 0 radical (unpaired) electrons. The number of fused-ring (bicyclic) bond motifs is 1. The summed E-state index contributed by atoms with van der Waals surface area (Å²) in [6, 6.07) is 9.79. The number of ether oxygens (including phenoxy) is 1. The van der Waals surface area contributed by atoms with Crippen LogP contribution in [0.2, 0.25) is 5.02 Å². The lowest BCUT2D eigenvalue weighted by Crippen LogP contribution is -2.23. The summed E-state index contributed by atoms with van der Waals surface area (Å²) in [7, 11) is 0.691. The first-order valence-electron chi connectivity index (χ1n) is 8.39. The third kappa shape index (κ3) is 4.84. The van der Waals surface area contributed by atoms with Crippen molar-refractivity contribution < 1.29 is 17.9 Å². The van der Waals surface area contributed by atoms with Crippen LogP contribution in [0.5, 0.6) is 5.75 Å². The molecule has 0 aliphatic heterocycles. The van der Waals surface area contributed by atoms with Gasteiger partial charge >= 0.3 is 0 Å². The van der Waals surface area contributed by atoms with Crippen molar-refractivity contribution >= 4 is 56.0 Å². The van der Waals surface area contributed by atoms with Gasteiger partial charge in [0.25, 0.3) is 0 Å². The third-order valence-electron chi connectivity index (χ3n) is 3.98. The minimum absolute atomic E-state index is 0.0687. The predicted octanol–water partition coefficient (Wildman–Crippen LogP) is 3.21. The Kier molecular flexibility index (Phi) is 6.37. The van der Waals surface area contributed by atoms with Crippen molar-refractivity contribution in [2.75, 3.05) is 32.3 Å². The summed E-state index contributed by atoms with van der Waals surface area (Å²) < 4.78 is 30.9. The highest BCUT2D eigenvalue weighted by molar-refractivity contribution is 7.99. The van der Waals surface area contributed by atoms with E-state index in [0.29, 0.717) is 16.6 Å². The van der Waals surface area contributed by atoms with Gasteiger partial charge in [0.05, 0.1) is 28.9 Å². The molecule has 1 aromatic heterocycles. The molecule has 0 bridgehead atoms. The maximum absolute atomic E-state index is 12.3. The van der Waals surface area contributed by atoms with Crippen molar-refractivity contribution in [1.82, 2.24) is 14.3 Å². The van der Waals surface area contributed by atoms with Crippen LogP contribution in [-0.2, 0) is 14.8 Å². The van der Waals surface area contributed by atoms with Crippen LogP contribution in [0.1, 0.15) is 0 Å². The maximum Gasteiger partial charge on any atom is 0.244 e. The molecule has 1 heterocycles. The zero-order valence-corrected chi connectivity index (χ0v) is 18.3. The number of hydrogen-bond donors (Lipinski definition) is 2. The van der Waals surface area contributed by atoms with Crippen molar-refractivity contribution in [2.24, 2.45) is 0 Å². The Balaban J connectivity index is 1.68. The van der Waals surface area contributed by atoms with E-state index in [1.807, 2.05) is 18.2 Å². The second-order valence-electron chi connectivity index (χ2n) is 6.19. The van der Waals surface area contributed by atoms with Gasteiger partial charge in [-0.3, -0.25) is 4.79 Å². The number of methoxy groups -OCH3 is 1. The van der Waals surface area contributed by atoms with Crippen LogP contribution in [0.3, 0.4) is 0 Å². The summed E-state index contributed by atoms with van der Waals surface area (Å²) in [6.45, 7) is 0. The van der Waals surface area contributed by atoms with Crippen LogP contribution in [0, 0.1) is 0 Å². The summed E-state index contributed by atoms with van der Waals surface area (Å²) in [4.78, 5) is 19.8. The topological polar surface area (TPSA) is 104 Å². The van der Waals surface area contributed by atoms with E-state index < -0.39 is 10.0 Å². The molecule has 11 heteroatoms. The van der Waals surface area contributed by atoms with E-state index >= 15 is 0 Å². The number of aromatic amines is 1. The smallest absolute Gasteiger partial charge is 0.244 e. The fraction of sp³-hybridized carbons (Fsp3) is 0.222. The first kappa shape index (κ1) is 21.4. The molecule has 1 amide bonds. The molecule has 0 fully saturated rings. The zero-order valence-electron chi connectivity index (χ0n) is 15.9. The second kappa shape index (κ2) is 8.62. The van der Waals surface area contributed by atoms with Crippen molar-refractivity contribution in [3.05, 3.63) is 41.4 Å². The summed E-state index contributed by atoms with van der Waals surface area (Å²) in [5, 5.41) is 3.36. The molecule has 3 rings (SSSR count). The lowest BCUT2D eigenvalue weighted by Gasteiger charge is -2.14. The van der Waals surface area contributed by atoms with Gasteiger partial charge in [-0.15, -0.1) is 0 Å². The molecule has 0 saturated carbocycles. The van der Waals surface area contributed by atoms with Crippen molar-refractivity contribution in [3.8, 4) is 5.75 Å². The molecule has 8 nitrogen and oxygen atoms in total. The average Bonchev–Trinajstić information content (AvgIpc) is 3.09. The van der Waals surface area contributed by atoms with E-state index in [2.05, 4.69) is 15.3 Å². The minimum Gasteiger partial charge on any atom is -0.497 e. The van der Waals surface area contributed by atoms with Crippen molar-refractivity contribution in [1.29, 1.82) is 0 Å². The molecule has 29 heavy (non-hydrogen) atoms. The number of sulfonamides is 1. The van der Waals surface area contributed by atoms with Gasteiger partial charge in [0.1, 0.15) is 10.6 Å². The first-order chi connectivity index (χ1) is 13.7. The van der Waals surface area contributed by atoms with E-state index in [0.717, 1.165) is 15.3 Å². The molecule has 2 N–H and O–H groups in total. The highest BCUT2D eigenvalue weighted by Gasteiger charge is 2.21. The third-order valence-corrected chi connectivity index (χ3v) is 7.15. The van der Waals surface area contributed by atoms with Crippen LogP contribution >= 0.6 is 23.4 Å². The Bertz CT molecular complexity index is 1160. The molecule has 0 unspecified atom stereocenters. The van der Waals surface area contributed by atoms with Crippen LogP contribution in [0.4, 0.5) is 5.69 Å². The fourth-order valence-electron chi connectivity index (χ4n) is 2.47. The summed E-state index contributed by atoms with van der Waals surface area (Å²) in [6.07, 6.45) is 0. The lowest BCUT2D eigenvalue weighted by molar-refractivity contribution is -0.113. The van der Waals surface area contributed by atoms with Crippen molar-refractivity contribution in [2.45, 2.75) is 10.1 Å². The largest absolute Gasteiger partial charge is 0.497 e. The number of nitrogens with zero attached hydrogens (tertiary/aromatic N) is 2. The molecule has 0 aliphatic carbocycles. The molecule has 3 aromatic rings. The summed E-state index contributed by atoms with van der Waals surface area (Å²) >= 11 is 7.25. The highest BCUT2D eigenvalue weighted by atomic mass is 35.5. The highest BCUT2D eigenvalue weighted by Crippen LogP contribution is 2.27. The van der Waals surface area contributed by atoms with E-state index in [1.54, 1.807) is 13.2 Å². The molecule has 0 saturated heterocycles. The molecule has 0 spiro atoms. The number of anilines is 1. The van der Waals surface area contributed by atoms with Gasteiger partial charge in [0.15, 0.2) is 5.16 Å². The molecule has 0 atom stereocenters. The maximum atomic E-state index is 12.3. The Morgan fingerprint density at radius 3 is 2.72 bits per heavy atom. The second-order valence-corrected chi connectivity index (χ2v) is 9.69. The Morgan fingerprint density at radius 2 is 2.03 bits per heavy atom. The van der Waals surface area contributed by atoms with Gasteiger partial charge in [-0.05, 0) is 30.3 Å². The van der Waals surface area contributed by atoms with Crippen LogP contribution < -0.4 is 10.1 Å². The minimum atomic E-state index is -3.72. The number of H-pyrrole nitrogens is 1. The number of amides is 1. The van der Waals surface area contributed by atoms with Gasteiger partial charge < -0.3 is 15.0 Å². The van der Waals surface area contributed by atoms with E-state index in [4.69, 9.17) is 16.3 Å².